The lowest BCUT2D eigenvalue weighted by Gasteiger charge is -2.39. The number of alkyl carbamates (subject to hydrolysis) is 1. The Morgan fingerprint density at radius 3 is 1.98 bits per heavy atom. The molecule has 1 aromatic rings. The molecule has 9 N–H and O–H groups in total. The molecule has 7 amide bonds. The van der Waals surface area contributed by atoms with Gasteiger partial charge in [0, 0.05) is 76.3 Å². The van der Waals surface area contributed by atoms with Gasteiger partial charge in [-0.15, -0.1) is 0 Å². The number of primary amides is 1. The minimum Gasteiger partial charge on any atom is -0.459 e. The Hall–Kier alpha value is -6.25. The highest BCUT2D eigenvalue weighted by molar-refractivity contribution is 9.09. The van der Waals surface area contributed by atoms with Crippen LogP contribution in [0.15, 0.2) is 60.2 Å². The Labute approximate surface area is 578 Å². The van der Waals surface area contributed by atoms with Gasteiger partial charge < -0.3 is 94.8 Å². The summed E-state index contributed by atoms with van der Waals surface area (Å²) >= 11 is 3.08. The third-order valence-electron chi connectivity index (χ3n) is 16.1. The van der Waals surface area contributed by atoms with E-state index in [9.17, 15) is 48.3 Å². The van der Waals surface area contributed by atoms with Crippen molar-refractivity contribution in [3.63, 3.8) is 0 Å². The number of anilines is 1. The number of alkyl halides is 1. The van der Waals surface area contributed by atoms with Crippen LogP contribution in [0.1, 0.15) is 118 Å². The molecule has 29 heteroatoms. The van der Waals surface area contributed by atoms with Crippen LogP contribution in [-0.4, -0.2) is 224 Å². The Morgan fingerprint density at radius 1 is 0.763 bits per heavy atom. The molecule has 0 radical (unpaired) electrons. The number of carbonyl (C=O) groups excluding carboxylic acids is 9. The van der Waals surface area contributed by atoms with Gasteiger partial charge in [0.1, 0.15) is 36.3 Å². The number of hydrogen-bond donors (Lipinski definition) is 8. The standard InChI is InChI=1S/C68H106BrN7O21/c1-45(2)63(76-61(81)22-26-87-28-30-89-32-34-91-36-37-92-35-33-90-31-29-88-27-25-71-62(82)42-69)57(79)39-52(10-8-23-72-66(70)85)65(84)74-53-17-15-51(16-18-53)43-93-67(86)73-24-9-11-54(78)40-55-41-68(44-94-68)64(83)59(97-55)20-13-46(3)12-19-58-47(4)38-56(49(6)96-58)75-60(80)21-14-48(5)95-50(7)77/h12-18,20-21,45,47-49,52,55-56,58-59,63-64,83H,8-11,19,22-44H2,1-7H3,(H,71,82)(H,73,86)(H,74,84)(H,75,80)(H,76,81)(H3,70,72,85)/b20-13+,21-14-,46-12+/t47-,48-,49+,52+,55+,56+,58-,59+,63-,64+,68+/m0/s1. The first-order valence-electron chi connectivity index (χ1n) is 33.6. The van der Waals surface area contributed by atoms with Crippen molar-refractivity contribution < 1.29 is 100 Å². The maximum Gasteiger partial charge on any atom is 0.407 e. The molecule has 3 saturated heterocycles. The van der Waals surface area contributed by atoms with E-state index in [1.165, 1.54) is 19.1 Å². The molecule has 3 heterocycles. The van der Waals surface area contributed by atoms with Crippen molar-refractivity contribution in [2.75, 3.05) is 116 Å². The summed E-state index contributed by atoms with van der Waals surface area (Å²) in [4.78, 5) is 113. The second-order valence-corrected chi connectivity index (χ2v) is 25.2. The molecule has 3 aliphatic rings. The molecule has 97 heavy (non-hydrogen) atoms. The van der Waals surface area contributed by atoms with Gasteiger partial charge >= 0.3 is 18.1 Å². The SMILES string of the molecule is CC(=O)O[C@@H](C)/C=C\C(=O)N[C@@H]1C[C@H](C)[C@H](C/C=C(C)/C=C/[C@H]2O[C@H](CC(=O)CCCNC(=O)OCc3ccc(NC(=O)[C@H](CCCNC(N)=O)CC(=O)[C@@H](NC(=O)CCOCCOCCOCCOCCOCCOCCNC(=O)CBr)C(C)C)cc3)C[C@@]3(CO3)[C@@H]2O)O[C@@H]1C. The lowest BCUT2D eigenvalue weighted by molar-refractivity contribution is -0.144. The fraction of sp³-hybridized carbons (Fsp3) is 0.691. The number of aliphatic hydroxyl groups excluding tert-OH is 1. The molecule has 3 fully saturated rings. The molecule has 0 aliphatic carbocycles. The third kappa shape index (κ3) is 35.4. The van der Waals surface area contributed by atoms with Crippen LogP contribution in [0.25, 0.3) is 0 Å². The van der Waals surface area contributed by atoms with E-state index >= 15 is 0 Å². The lowest BCUT2D eigenvalue weighted by Crippen LogP contribution is -2.50. The molecule has 0 unspecified atom stereocenters. The summed E-state index contributed by atoms with van der Waals surface area (Å²) in [6.45, 7) is 17.8. The van der Waals surface area contributed by atoms with Crippen LogP contribution in [0.5, 0.6) is 0 Å². The second kappa shape index (κ2) is 46.9. The smallest absolute Gasteiger partial charge is 0.407 e. The summed E-state index contributed by atoms with van der Waals surface area (Å²) in [5.74, 6) is -3.02. The van der Waals surface area contributed by atoms with Crippen LogP contribution in [-0.2, 0) is 92.3 Å². The molecular weight excluding hydrogens is 1330 g/mol. The summed E-state index contributed by atoms with van der Waals surface area (Å²) in [6, 6.07) is 4.82. The number of carbonyl (C=O) groups is 9. The topological polar surface area (TPSA) is 377 Å². The molecule has 0 saturated carbocycles. The maximum atomic E-state index is 13.8. The van der Waals surface area contributed by atoms with Crippen molar-refractivity contribution in [2.24, 2.45) is 23.5 Å². The monoisotopic (exact) mass is 1440 g/mol. The predicted octanol–water partition coefficient (Wildman–Crippen LogP) is 4.74. The van der Waals surface area contributed by atoms with E-state index in [4.69, 9.17) is 57.8 Å². The minimum absolute atomic E-state index is 0.00551. The van der Waals surface area contributed by atoms with Gasteiger partial charge in [-0.05, 0) is 88.5 Å². The Morgan fingerprint density at radius 2 is 1.38 bits per heavy atom. The van der Waals surface area contributed by atoms with Gasteiger partial charge in [-0.1, -0.05) is 72.6 Å². The highest BCUT2D eigenvalue weighted by atomic mass is 79.9. The lowest BCUT2D eigenvalue weighted by atomic mass is 9.86. The van der Waals surface area contributed by atoms with Crippen molar-refractivity contribution >= 4 is 74.9 Å². The number of ketones is 2. The number of hydrogen-bond acceptors (Lipinski definition) is 21. The zero-order valence-electron chi connectivity index (χ0n) is 57.4. The van der Waals surface area contributed by atoms with Gasteiger partial charge in [-0.25, -0.2) is 9.59 Å². The average molecular weight is 1440 g/mol. The highest BCUT2D eigenvalue weighted by Gasteiger charge is 2.58. The van der Waals surface area contributed by atoms with Gasteiger partial charge in [0.05, 0.1) is 122 Å². The fourth-order valence-corrected chi connectivity index (χ4v) is 10.8. The zero-order valence-corrected chi connectivity index (χ0v) is 59.0. The van der Waals surface area contributed by atoms with Gasteiger partial charge in [0.15, 0.2) is 5.78 Å². The first-order chi connectivity index (χ1) is 46.5. The first-order valence-corrected chi connectivity index (χ1v) is 34.7. The number of Topliss-reactive ketones (excluding diaryl/α,β-unsaturated/α-hetero) is 2. The Kier molecular flexibility index (Phi) is 40.2. The number of epoxide rings is 1. The molecule has 0 aromatic heterocycles. The van der Waals surface area contributed by atoms with E-state index in [-0.39, 0.29) is 130 Å². The number of rotatable bonds is 49. The third-order valence-corrected chi connectivity index (χ3v) is 16.6. The van der Waals surface area contributed by atoms with Crippen LogP contribution in [0, 0.1) is 17.8 Å². The zero-order chi connectivity index (χ0) is 71.0. The largest absolute Gasteiger partial charge is 0.459 e. The highest BCUT2D eigenvalue weighted by Crippen LogP contribution is 2.43. The van der Waals surface area contributed by atoms with E-state index in [1.807, 2.05) is 19.9 Å². The number of amides is 7. The predicted molar refractivity (Wildman–Crippen MR) is 361 cm³/mol. The van der Waals surface area contributed by atoms with Gasteiger partial charge in [-0.3, -0.25) is 33.6 Å². The Balaban J connectivity index is 1.09. The number of benzene rings is 1. The summed E-state index contributed by atoms with van der Waals surface area (Å²) in [6.07, 6.45) is 7.76. The molecule has 4 rings (SSSR count). The molecule has 11 atom stereocenters. The number of halogens is 1. The van der Waals surface area contributed by atoms with Crippen LogP contribution in [0.4, 0.5) is 15.3 Å². The van der Waals surface area contributed by atoms with Gasteiger partial charge in [0.2, 0.25) is 23.6 Å². The van der Waals surface area contributed by atoms with E-state index < -0.39 is 71.9 Å². The van der Waals surface area contributed by atoms with Crippen molar-refractivity contribution in [1.29, 1.82) is 0 Å². The van der Waals surface area contributed by atoms with E-state index in [0.717, 1.165) is 12.0 Å². The molecule has 1 aromatic carbocycles. The number of urea groups is 1. The van der Waals surface area contributed by atoms with E-state index in [0.29, 0.717) is 110 Å². The summed E-state index contributed by atoms with van der Waals surface area (Å²) in [5, 5.41) is 28.0. The number of nitrogens with one attached hydrogen (secondary N) is 6. The minimum atomic E-state index is -0.915. The van der Waals surface area contributed by atoms with Crippen molar-refractivity contribution in [1.82, 2.24) is 26.6 Å². The average Bonchev–Trinajstić information content (AvgIpc) is 1.60. The van der Waals surface area contributed by atoms with Crippen LogP contribution < -0.4 is 37.6 Å². The molecule has 0 bridgehead atoms. The summed E-state index contributed by atoms with van der Waals surface area (Å²) < 4.78 is 61.7. The number of esters is 1. The summed E-state index contributed by atoms with van der Waals surface area (Å²) in [5.41, 5.74) is 6.45. The number of ether oxygens (including phenoxy) is 11. The first kappa shape index (κ1) is 83.2. The van der Waals surface area contributed by atoms with E-state index in [2.05, 4.69) is 60.8 Å². The second-order valence-electron chi connectivity index (χ2n) is 24.7. The van der Waals surface area contributed by atoms with E-state index in [1.54, 1.807) is 51.1 Å². The number of nitrogens with two attached hydrogens (primary N) is 1. The fourth-order valence-electron chi connectivity index (χ4n) is 10.6. The maximum absolute atomic E-state index is 13.8. The molecule has 3 aliphatic heterocycles. The number of allylic oxidation sites excluding steroid dienone is 2. The van der Waals surface area contributed by atoms with Crippen molar-refractivity contribution in [3.05, 3.63) is 65.8 Å². The normalized spacial score (nSPS) is 21.8. The molecule has 1 spiro atoms. The Bertz CT molecular complexity index is 2680. The van der Waals surface area contributed by atoms with Crippen molar-refractivity contribution in [3.8, 4) is 0 Å². The summed E-state index contributed by atoms with van der Waals surface area (Å²) in [7, 11) is 0. The van der Waals surface area contributed by atoms with Crippen LogP contribution >= 0.6 is 15.9 Å². The quantitative estimate of drug-likeness (QED) is 0.0109. The van der Waals surface area contributed by atoms with Crippen LogP contribution in [0.2, 0.25) is 0 Å². The molecule has 28 nitrogen and oxygen atoms in total. The molecular formula is C68H106BrN7O21. The van der Waals surface area contributed by atoms with Gasteiger partial charge in [0.25, 0.3) is 0 Å². The number of aliphatic hydroxyl groups is 1. The van der Waals surface area contributed by atoms with Crippen LogP contribution in [0.3, 0.4) is 0 Å². The van der Waals surface area contributed by atoms with Crippen molar-refractivity contribution in [2.45, 2.75) is 174 Å². The molecule has 546 valence electrons. The van der Waals surface area contributed by atoms with Gasteiger partial charge in [-0.2, -0.15) is 0 Å².